The molecule has 0 radical (unpaired) electrons. The Morgan fingerprint density at radius 1 is 1.41 bits per heavy atom. The number of hydrogen-bond acceptors (Lipinski definition) is 3. The third-order valence-electron chi connectivity index (χ3n) is 3.66. The summed E-state index contributed by atoms with van der Waals surface area (Å²) in [4.78, 5) is 2.44. The minimum atomic E-state index is 0.336. The molecule has 0 saturated carbocycles. The van der Waals surface area contributed by atoms with Gasteiger partial charge < -0.3 is 15.3 Å². The van der Waals surface area contributed by atoms with E-state index in [0.717, 1.165) is 17.8 Å². The number of hydrogen-bond donors (Lipinski definition) is 2. The summed E-state index contributed by atoms with van der Waals surface area (Å²) in [5.41, 5.74) is 2.23. The molecule has 1 aromatic carbocycles. The second-order valence-corrected chi connectivity index (χ2v) is 5.01. The van der Waals surface area contributed by atoms with E-state index in [4.69, 9.17) is 0 Å². The maximum absolute atomic E-state index is 9.36. The summed E-state index contributed by atoms with van der Waals surface area (Å²) in [7, 11) is 2.20. The molecule has 1 unspecified atom stereocenters. The Morgan fingerprint density at radius 2 is 2.24 bits per heavy atom. The van der Waals surface area contributed by atoms with Crippen molar-refractivity contribution >= 4 is 5.69 Å². The lowest BCUT2D eigenvalue weighted by Gasteiger charge is -2.32. The number of anilines is 1. The van der Waals surface area contributed by atoms with Crippen LogP contribution in [0.3, 0.4) is 0 Å². The molecule has 0 aromatic heterocycles. The molecule has 17 heavy (non-hydrogen) atoms. The fraction of sp³-hybridized carbons (Fsp3) is 0.571. The number of likely N-dealkylation sites (N-methyl/N-ethyl adjacent to an activating group) is 1. The normalized spacial score (nSPS) is 21.4. The lowest BCUT2D eigenvalue weighted by atomic mass is 10.0. The van der Waals surface area contributed by atoms with E-state index in [9.17, 15) is 5.11 Å². The third-order valence-corrected chi connectivity index (χ3v) is 3.66. The van der Waals surface area contributed by atoms with Crippen LogP contribution in [0.1, 0.15) is 24.8 Å². The second kappa shape index (κ2) is 5.41. The molecule has 0 aliphatic carbocycles. The van der Waals surface area contributed by atoms with Gasteiger partial charge in [-0.05, 0) is 57.1 Å². The van der Waals surface area contributed by atoms with Gasteiger partial charge in [-0.3, -0.25) is 0 Å². The van der Waals surface area contributed by atoms with Crippen LogP contribution < -0.4 is 5.32 Å². The Hall–Kier alpha value is -1.22. The zero-order chi connectivity index (χ0) is 12.3. The maximum atomic E-state index is 9.36. The van der Waals surface area contributed by atoms with Gasteiger partial charge in [0.2, 0.25) is 0 Å². The van der Waals surface area contributed by atoms with Crippen LogP contribution in [-0.2, 0) is 0 Å². The molecular formula is C14H22N2O. The van der Waals surface area contributed by atoms with Crippen molar-refractivity contribution in [1.29, 1.82) is 0 Å². The monoisotopic (exact) mass is 234 g/mol. The number of aryl methyl sites for hydroxylation is 1. The van der Waals surface area contributed by atoms with Gasteiger partial charge in [-0.2, -0.15) is 0 Å². The number of likely N-dealkylation sites (tertiary alicyclic amines) is 1. The highest BCUT2D eigenvalue weighted by Crippen LogP contribution is 2.21. The van der Waals surface area contributed by atoms with E-state index in [1.165, 1.54) is 25.8 Å². The molecule has 2 rings (SSSR count). The van der Waals surface area contributed by atoms with E-state index in [1.54, 1.807) is 12.1 Å². The lowest BCUT2D eigenvalue weighted by molar-refractivity contribution is 0.194. The Balaban J connectivity index is 1.92. The molecule has 94 valence electrons. The highest BCUT2D eigenvalue weighted by molar-refractivity contribution is 5.53. The third kappa shape index (κ3) is 3.13. The molecule has 0 bridgehead atoms. The van der Waals surface area contributed by atoms with Gasteiger partial charge in [0.25, 0.3) is 0 Å². The first-order chi connectivity index (χ1) is 8.16. The Bertz CT molecular complexity index is 378. The molecule has 0 spiro atoms. The molecule has 1 aliphatic rings. The first-order valence-corrected chi connectivity index (χ1v) is 6.40. The Morgan fingerprint density at radius 3 is 2.94 bits per heavy atom. The number of phenols is 1. The van der Waals surface area contributed by atoms with Crippen LogP contribution in [0.5, 0.6) is 5.75 Å². The molecule has 0 amide bonds. The van der Waals surface area contributed by atoms with E-state index in [1.807, 2.05) is 13.0 Å². The van der Waals surface area contributed by atoms with Gasteiger partial charge in [0.15, 0.2) is 0 Å². The fourth-order valence-corrected chi connectivity index (χ4v) is 2.48. The van der Waals surface area contributed by atoms with E-state index in [0.29, 0.717) is 11.8 Å². The van der Waals surface area contributed by atoms with Crippen LogP contribution >= 0.6 is 0 Å². The highest BCUT2D eigenvalue weighted by atomic mass is 16.3. The number of piperidine rings is 1. The Kier molecular flexibility index (Phi) is 3.89. The van der Waals surface area contributed by atoms with Crippen molar-refractivity contribution in [2.45, 2.75) is 32.2 Å². The summed E-state index contributed by atoms with van der Waals surface area (Å²) in [5, 5.41) is 12.8. The van der Waals surface area contributed by atoms with Gasteiger partial charge in [-0.25, -0.2) is 0 Å². The van der Waals surface area contributed by atoms with Crippen molar-refractivity contribution in [2.75, 3.05) is 25.5 Å². The molecule has 1 saturated heterocycles. The quantitative estimate of drug-likeness (QED) is 0.789. The number of nitrogens with one attached hydrogen (secondary N) is 1. The van der Waals surface area contributed by atoms with E-state index in [2.05, 4.69) is 17.3 Å². The number of benzene rings is 1. The van der Waals surface area contributed by atoms with Crippen molar-refractivity contribution in [3.63, 3.8) is 0 Å². The predicted octanol–water partition coefficient (Wildman–Crippen LogP) is 2.60. The van der Waals surface area contributed by atoms with Gasteiger partial charge >= 0.3 is 0 Å². The zero-order valence-corrected chi connectivity index (χ0v) is 10.7. The number of aromatic hydroxyl groups is 1. The predicted molar refractivity (Wildman–Crippen MR) is 71.6 cm³/mol. The van der Waals surface area contributed by atoms with Crippen molar-refractivity contribution in [3.05, 3.63) is 23.8 Å². The molecule has 1 heterocycles. The number of nitrogens with zero attached hydrogens (tertiary/aromatic N) is 1. The van der Waals surface area contributed by atoms with Gasteiger partial charge in [0, 0.05) is 18.3 Å². The van der Waals surface area contributed by atoms with Crippen LogP contribution in [0.25, 0.3) is 0 Å². The summed E-state index contributed by atoms with van der Waals surface area (Å²) in [6, 6.07) is 6.12. The number of rotatable bonds is 3. The van der Waals surface area contributed by atoms with Crippen LogP contribution in [0.4, 0.5) is 5.69 Å². The summed E-state index contributed by atoms with van der Waals surface area (Å²) in [6.07, 6.45) is 3.94. The standard InChI is InChI=1S/C14H22N2O/c1-11-9-13(17)6-7-14(11)15-10-12-5-3-4-8-16(12)2/h6-7,9,12,15,17H,3-5,8,10H2,1-2H3. The largest absolute Gasteiger partial charge is 0.508 e. The minimum Gasteiger partial charge on any atom is -0.508 e. The van der Waals surface area contributed by atoms with Crippen LogP contribution in [0.15, 0.2) is 18.2 Å². The fourth-order valence-electron chi connectivity index (χ4n) is 2.48. The molecule has 1 atom stereocenters. The molecule has 3 nitrogen and oxygen atoms in total. The average Bonchev–Trinajstić information content (AvgIpc) is 2.30. The van der Waals surface area contributed by atoms with E-state index >= 15 is 0 Å². The Labute approximate surface area is 103 Å². The first-order valence-electron chi connectivity index (χ1n) is 6.40. The van der Waals surface area contributed by atoms with Crippen molar-refractivity contribution in [2.24, 2.45) is 0 Å². The summed E-state index contributed by atoms with van der Waals surface area (Å²) in [6.45, 7) is 4.22. The smallest absolute Gasteiger partial charge is 0.115 e. The maximum Gasteiger partial charge on any atom is 0.115 e. The summed E-state index contributed by atoms with van der Waals surface area (Å²) < 4.78 is 0. The van der Waals surface area contributed by atoms with Crippen LogP contribution in [0.2, 0.25) is 0 Å². The van der Waals surface area contributed by atoms with Crippen LogP contribution in [0, 0.1) is 6.92 Å². The highest BCUT2D eigenvalue weighted by Gasteiger charge is 2.18. The van der Waals surface area contributed by atoms with Gasteiger partial charge in [0.1, 0.15) is 5.75 Å². The molecular weight excluding hydrogens is 212 g/mol. The summed E-state index contributed by atoms with van der Waals surface area (Å²) in [5.74, 6) is 0.336. The molecule has 2 N–H and O–H groups in total. The van der Waals surface area contributed by atoms with Crippen molar-refractivity contribution < 1.29 is 5.11 Å². The second-order valence-electron chi connectivity index (χ2n) is 5.01. The first kappa shape index (κ1) is 12.2. The zero-order valence-electron chi connectivity index (χ0n) is 10.7. The SMILES string of the molecule is Cc1cc(O)ccc1NCC1CCCCN1C. The number of phenolic OH excluding ortho intramolecular Hbond substituents is 1. The molecule has 1 fully saturated rings. The lowest BCUT2D eigenvalue weighted by Crippen LogP contribution is -2.40. The van der Waals surface area contributed by atoms with Crippen molar-refractivity contribution in [1.82, 2.24) is 4.90 Å². The van der Waals surface area contributed by atoms with Gasteiger partial charge in [-0.1, -0.05) is 6.42 Å². The van der Waals surface area contributed by atoms with E-state index in [-0.39, 0.29) is 0 Å². The van der Waals surface area contributed by atoms with Gasteiger partial charge in [-0.15, -0.1) is 0 Å². The summed E-state index contributed by atoms with van der Waals surface area (Å²) >= 11 is 0. The molecule has 3 heteroatoms. The average molecular weight is 234 g/mol. The molecule has 1 aromatic rings. The topological polar surface area (TPSA) is 35.5 Å². The van der Waals surface area contributed by atoms with Gasteiger partial charge in [0.05, 0.1) is 0 Å². The molecule has 1 aliphatic heterocycles. The minimum absolute atomic E-state index is 0.336. The van der Waals surface area contributed by atoms with E-state index < -0.39 is 0 Å². The van der Waals surface area contributed by atoms with Crippen molar-refractivity contribution in [3.8, 4) is 5.75 Å². The van der Waals surface area contributed by atoms with Crippen LogP contribution in [-0.4, -0.2) is 36.2 Å².